The van der Waals surface area contributed by atoms with Crippen LogP contribution in [0.5, 0.6) is 11.5 Å². The van der Waals surface area contributed by atoms with Crippen LogP contribution in [-0.2, 0) is 19.6 Å². The summed E-state index contributed by atoms with van der Waals surface area (Å²) in [5.74, 6) is -2.08. The lowest BCUT2D eigenvalue weighted by Crippen LogP contribution is -2.21. The Morgan fingerprint density at radius 1 is 1.17 bits per heavy atom. The maximum atomic E-state index is 12.2. The molecule has 0 unspecified atom stereocenters. The van der Waals surface area contributed by atoms with Gasteiger partial charge in [0.25, 0.3) is 5.91 Å². The Hall–Kier alpha value is -2.96. The van der Waals surface area contributed by atoms with E-state index in [1.54, 1.807) is 0 Å². The second-order valence-electron chi connectivity index (χ2n) is 5.56. The maximum Gasteiger partial charge on any atom is 0.387 e. The van der Waals surface area contributed by atoms with E-state index in [-0.39, 0.29) is 32.7 Å². The number of halogens is 3. The minimum atomic E-state index is -4.08. The molecule has 9 nitrogen and oxygen atoms in total. The number of hydrogen-bond acceptors (Lipinski definition) is 7. The summed E-state index contributed by atoms with van der Waals surface area (Å²) in [7, 11) is -2.83. The lowest BCUT2D eigenvalue weighted by molar-refractivity contribution is -0.119. The molecule has 0 bridgehead atoms. The first-order valence-corrected chi connectivity index (χ1v) is 9.86. The zero-order valence-electron chi connectivity index (χ0n) is 15.2. The maximum absolute atomic E-state index is 12.2. The molecule has 13 heteroatoms. The number of benzene rings is 2. The van der Waals surface area contributed by atoms with Crippen molar-refractivity contribution < 1.29 is 41.0 Å². The van der Waals surface area contributed by atoms with Crippen LogP contribution in [0, 0.1) is 0 Å². The molecule has 0 aromatic heterocycles. The van der Waals surface area contributed by atoms with Crippen LogP contribution in [0.15, 0.2) is 41.3 Å². The Morgan fingerprint density at radius 2 is 1.83 bits per heavy atom. The fourth-order valence-electron chi connectivity index (χ4n) is 2.20. The standard InChI is InChI=1S/C17H15ClF2N2O7S/c1-27-13-5-3-10(30(21,25)26)7-11(13)16(24)28-8-15(23)22-9-2-4-14(12(18)6-9)29-17(19)20/h2-7,17H,8H2,1H3,(H,22,23)(H2,21,25,26). The number of methoxy groups -OCH3 is 1. The number of amides is 1. The van der Waals surface area contributed by atoms with Gasteiger partial charge in [0.2, 0.25) is 10.0 Å². The van der Waals surface area contributed by atoms with Crippen molar-refractivity contribution in [1.82, 2.24) is 0 Å². The van der Waals surface area contributed by atoms with Gasteiger partial charge in [-0.1, -0.05) is 11.6 Å². The summed E-state index contributed by atoms with van der Waals surface area (Å²) in [4.78, 5) is 23.9. The molecule has 0 aliphatic rings. The Bertz CT molecular complexity index is 1060. The average molecular weight is 465 g/mol. The molecule has 0 aliphatic carbocycles. The molecule has 3 N–H and O–H groups in total. The van der Waals surface area contributed by atoms with E-state index in [4.69, 9.17) is 26.2 Å². The number of nitrogens with two attached hydrogens (primary N) is 1. The number of rotatable bonds is 8. The highest BCUT2D eigenvalue weighted by Gasteiger charge is 2.19. The highest BCUT2D eigenvalue weighted by molar-refractivity contribution is 7.89. The molecule has 30 heavy (non-hydrogen) atoms. The number of nitrogens with one attached hydrogen (secondary N) is 1. The number of carbonyl (C=O) groups is 2. The summed E-state index contributed by atoms with van der Waals surface area (Å²) in [6.45, 7) is -3.80. The van der Waals surface area contributed by atoms with Crippen molar-refractivity contribution in [3.05, 3.63) is 47.0 Å². The number of ether oxygens (including phenoxy) is 3. The van der Waals surface area contributed by atoms with Crippen LogP contribution in [0.2, 0.25) is 5.02 Å². The summed E-state index contributed by atoms with van der Waals surface area (Å²) < 4.78 is 61.3. The van der Waals surface area contributed by atoms with Crippen molar-refractivity contribution >= 4 is 39.2 Å². The fraction of sp³-hybridized carbons (Fsp3) is 0.176. The average Bonchev–Trinajstić information content (AvgIpc) is 2.66. The SMILES string of the molecule is COc1ccc(S(N)(=O)=O)cc1C(=O)OCC(=O)Nc1ccc(OC(F)F)c(Cl)c1. The van der Waals surface area contributed by atoms with Gasteiger partial charge < -0.3 is 19.5 Å². The molecular formula is C17H15ClF2N2O7S. The molecule has 2 aromatic carbocycles. The predicted octanol–water partition coefficient (Wildman–Crippen LogP) is 2.39. The van der Waals surface area contributed by atoms with Crippen molar-refractivity contribution in [2.45, 2.75) is 11.5 Å². The number of alkyl halides is 2. The number of hydrogen-bond donors (Lipinski definition) is 2. The third kappa shape index (κ3) is 6.27. The first kappa shape index (κ1) is 23.3. The monoisotopic (exact) mass is 464 g/mol. The van der Waals surface area contributed by atoms with Gasteiger partial charge in [-0.2, -0.15) is 8.78 Å². The fourth-order valence-corrected chi connectivity index (χ4v) is 2.96. The molecule has 1 amide bonds. The van der Waals surface area contributed by atoms with E-state index in [0.717, 1.165) is 24.3 Å². The van der Waals surface area contributed by atoms with E-state index in [2.05, 4.69) is 10.1 Å². The van der Waals surface area contributed by atoms with Gasteiger partial charge in [0.1, 0.15) is 17.1 Å². The quantitative estimate of drug-likeness (QED) is 0.573. The summed E-state index contributed by atoms with van der Waals surface area (Å²) in [6.07, 6.45) is 0. The highest BCUT2D eigenvalue weighted by atomic mass is 35.5. The van der Waals surface area contributed by atoms with Crippen LogP contribution in [0.4, 0.5) is 14.5 Å². The summed E-state index contributed by atoms with van der Waals surface area (Å²) in [6, 6.07) is 6.85. The van der Waals surface area contributed by atoms with E-state index >= 15 is 0 Å². The molecule has 2 aromatic rings. The zero-order valence-corrected chi connectivity index (χ0v) is 16.8. The van der Waals surface area contributed by atoms with E-state index in [9.17, 15) is 26.8 Å². The van der Waals surface area contributed by atoms with Crippen molar-refractivity contribution in [2.24, 2.45) is 5.14 Å². The third-order valence-electron chi connectivity index (χ3n) is 3.49. The molecule has 0 saturated carbocycles. The molecule has 0 fully saturated rings. The van der Waals surface area contributed by atoms with Crippen molar-refractivity contribution in [3.63, 3.8) is 0 Å². The van der Waals surface area contributed by atoms with E-state index in [1.807, 2.05) is 0 Å². The number of sulfonamides is 1. The van der Waals surface area contributed by atoms with Crippen LogP contribution >= 0.6 is 11.6 Å². The van der Waals surface area contributed by atoms with Gasteiger partial charge in [0, 0.05) is 5.69 Å². The summed E-state index contributed by atoms with van der Waals surface area (Å²) in [5, 5.41) is 7.20. The zero-order chi connectivity index (χ0) is 22.5. The minimum absolute atomic E-state index is 0.00853. The van der Waals surface area contributed by atoms with E-state index in [0.29, 0.717) is 0 Å². The van der Waals surface area contributed by atoms with Gasteiger partial charge in [0.15, 0.2) is 6.61 Å². The van der Waals surface area contributed by atoms with Gasteiger partial charge in [-0.25, -0.2) is 18.4 Å². The molecule has 0 saturated heterocycles. The van der Waals surface area contributed by atoms with E-state index < -0.39 is 35.1 Å². The van der Waals surface area contributed by atoms with Crippen LogP contribution in [0.25, 0.3) is 0 Å². The summed E-state index contributed by atoms with van der Waals surface area (Å²) >= 11 is 5.78. The van der Waals surface area contributed by atoms with Gasteiger partial charge in [0.05, 0.1) is 17.0 Å². The Balaban J connectivity index is 2.04. The Labute approximate surface area is 174 Å². The molecular weight excluding hydrogens is 450 g/mol. The van der Waals surface area contributed by atoms with Crippen LogP contribution in [-0.4, -0.2) is 40.6 Å². The van der Waals surface area contributed by atoms with Crippen molar-refractivity contribution in [2.75, 3.05) is 19.0 Å². The normalized spacial score (nSPS) is 11.1. The number of carbonyl (C=O) groups excluding carboxylic acids is 2. The smallest absolute Gasteiger partial charge is 0.387 e. The van der Waals surface area contributed by atoms with E-state index in [1.165, 1.54) is 19.2 Å². The van der Waals surface area contributed by atoms with Gasteiger partial charge in [-0.05, 0) is 36.4 Å². The second kappa shape index (κ2) is 9.69. The molecule has 0 heterocycles. The first-order valence-electron chi connectivity index (χ1n) is 7.93. The van der Waals surface area contributed by atoms with Crippen molar-refractivity contribution in [3.8, 4) is 11.5 Å². The largest absolute Gasteiger partial charge is 0.496 e. The third-order valence-corrected chi connectivity index (χ3v) is 4.69. The highest BCUT2D eigenvalue weighted by Crippen LogP contribution is 2.29. The van der Waals surface area contributed by atoms with Gasteiger partial charge >= 0.3 is 12.6 Å². The second-order valence-corrected chi connectivity index (χ2v) is 7.52. The molecule has 0 aliphatic heterocycles. The summed E-state index contributed by atoms with van der Waals surface area (Å²) in [5.41, 5.74) is -0.121. The van der Waals surface area contributed by atoms with Crippen molar-refractivity contribution in [1.29, 1.82) is 0 Å². The van der Waals surface area contributed by atoms with Crippen LogP contribution < -0.4 is 19.9 Å². The predicted molar refractivity (Wildman–Crippen MR) is 101 cm³/mol. The molecule has 0 spiro atoms. The molecule has 162 valence electrons. The number of primary sulfonamides is 1. The van der Waals surface area contributed by atoms with Gasteiger partial charge in [-0.15, -0.1) is 0 Å². The minimum Gasteiger partial charge on any atom is -0.496 e. The number of esters is 1. The first-order chi connectivity index (χ1) is 14.0. The topological polar surface area (TPSA) is 134 Å². The van der Waals surface area contributed by atoms with Crippen LogP contribution in [0.3, 0.4) is 0 Å². The molecule has 0 radical (unpaired) electrons. The molecule has 2 rings (SSSR count). The number of anilines is 1. The van der Waals surface area contributed by atoms with Gasteiger partial charge in [-0.3, -0.25) is 4.79 Å². The Kier molecular flexibility index (Phi) is 7.54. The lowest BCUT2D eigenvalue weighted by atomic mass is 10.2. The molecule has 0 atom stereocenters. The lowest BCUT2D eigenvalue weighted by Gasteiger charge is -2.11. The van der Waals surface area contributed by atoms with Crippen LogP contribution in [0.1, 0.15) is 10.4 Å². The Morgan fingerprint density at radius 3 is 2.40 bits per heavy atom.